The second kappa shape index (κ2) is 8.48. The van der Waals surface area contributed by atoms with E-state index in [0.29, 0.717) is 36.3 Å². The molecule has 10 heteroatoms. The maximum absolute atomic E-state index is 14.9. The number of fused-ring (bicyclic) bond motifs is 1. The van der Waals surface area contributed by atoms with E-state index < -0.39 is 11.6 Å². The normalized spacial score (nSPS) is 20.3. The van der Waals surface area contributed by atoms with Crippen molar-refractivity contribution in [3.05, 3.63) is 70.0 Å². The predicted molar refractivity (Wildman–Crippen MR) is 131 cm³/mol. The Morgan fingerprint density at radius 2 is 1.86 bits per heavy atom. The molecule has 4 heterocycles. The Balaban J connectivity index is 1.47. The van der Waals surface area contributed by atoms with E-state index in [4.69, 9.17) is 9.72 Å². The van der Waals surface area contributed by atoms with Gasteiger partial charge in [-0.3, -0.25) is 14.0 Å². The fourth-order valence-electron chi connectivity index (χ4n) is 4.79. The zero-order chi connectivity index (χ0) is 25.1. The Morgan fingerprint density at radius 1 is 1.06 bits per heavy atom. The van der Waals surface area contributed by atoms with Crippen LogP contribution in [0.15, 0.2) is 41.5 Å². The molecule has 2 atom stereocenters. The molecule has 0 bridgehead atoms. The van der Waals surface area contributed by atoms with Gasteiger partial charge in [-0.1, -0.05) is 0 Å². The zero-order valence-corrected chi connectivity index (χ0v) is 20.3. The van der Waals surface area contributed by atoms with Gasteiger partial charge in [0, 0.05) is 42.5 Å². The van der Waals surface area contributed by atoms with Gasteiger partial charge in [-0.25, -0.2) is 18.7 Å². The molecule has 1 aliphatic carbocycles. The highest BCUT2D eigenvalue weighted by Gasteiger charge is 2.31. The Morgan fingerprint density at radius 3 is 2.61 bits per heavy atom. The summed E-state index contributed by atoms with van der Waals surface area (Å²) in [5, 5.41) is 4.50. The van der Waals surface area contributed by atoms with Crippen molar-refractivity contribution in [2.45, 2.75) is 44.9 Å². The summed E-state index contributed by atoms with van der Waals surface area (Å²) in [6.07, 6.45) is 5.81. The maximum Gasteiger partial charge on any atom is 0.279 e. The van der Waals surface area contributed by atoms with Crippen molar-refractivity contribution >= 4 is 16.9 Å². The van der Waals surface area contributed by atoms with Gasteiger partial charge in [0.25, 0.3) is 5.56 Å². The number of ether oxygens (including phenoxy) is 1. The number of anilines is 1. The molecule has 0 unspecified atom stereocenters. The molecule has 1 saturated carbocycles. The molecule has 36 heavy (non-hydrogen) atoms. The number of pyridine rings is 1. The first-order valence-corrected chi connectivity index (χ1v) is 12.1. The summed E-state index contributed by atoms with van der Waals surface area (Å²) in [4.78, 5) is 24.5. The molecule has 2 fully saturated rings. The second-order valence-electron chi connectivity index (χ2n) is 9.70. The summed E-state index contributed by atoms with van der Waals surface area (Å²) in [6, 6.07) is 5.60. The van der Waals surface area contributed by atoms with Gasteiger partial charge in [-0.2, -0.15) is 5.10 Å². The molecule has 4 aromatic rings. The zero-order valence-electron chi connectivity index (χ0n) is 20.3. The van der Waals surface area contributed by atoms with Gasteiger partial charge in [-0.15, -0.1) is 0 Å². The standard InChI is InChI=1S/C26H26F2N6O2/c1-14-11-33(13-22(36-14)16-10-29-34(12-16)18-5-6-18)23-9-20(19-7-4-17(27)8-21(19)28)24-25(31-23)26(35)32(3)15(2)30-24/h4,7-10,12,14,18,22H,5-6,11,13H2,1-3H3/t14-,22-/m0/s1. The molecular formula is C26H26F2N6O2. The van der Waals surface area contributed by atoms with Gasteiger partial charge in [0.1, 0.15) is 34.9 Å². The summed E-state index contributed by atoms with van der Waals surface area (Å²) in [5.74, 6) is -0.418. The Labute approximate surface area is 206 Å². The summed E-state index contributed by atoms with van der Waals surface area (Å²) in [5.41, 5.74) is 1.63. The lowest BCUT2D eigenvalue weighted by Gasteiger charge is -2.37. The number of hydrogen-bond donors (Lipinski definition) is 0. The van der Waals surface area contributed by atoms with Crippen LogP contribution in [-0.4, -0.2) is 43.5 Å². The van der Waals surface area contributed by atoms with Crippen LogP contribution in [0.25, 0.3) is 22.2 Å². The lowest BCUT2D eigenvalue weighted by molar-refractivity contribution is -0.0176. The molecule has 6 rings (SSSR count). The Kier molecular flexibility index (Phi) is 5.36. The maximum atomic E-state index is 14.9. The highest BCUT2D eigenvalue weighted by molar-refractivity contribution is 5.93. The predicted octanol–water partition coefficient (Wildman–Crippen LogP) is 4.08. The van der Waals surface area contributed by atoms with E-state index in [1.54, 1.807) is 20.0 Å². The molecule has 186 valence electrons. The van der Waals surface area contributed by atoms with Crippen LogP contribution in [0.4, 0.5) is 14.6 Å². The van der Waals surface area contributed by atoms with Crippen LogP contribution >= 0.6 is 0 Å². The van der Waals surface area contributed by atoms with Crippen molar-refractivity contribution in [1.29, 1.82) is 0 Å². The van der Waals surface area contributed by atoms with E-state index in [1.807, 2.05) is 28.9 Å². The number of halogens is 2. The lowest BCUT2D eigenvalue weighted by Crippen LogP contribution is -2.43. The minimum atomic E-state index is -0.728. The van der Waals surface area contributed by atoms with Crippen LogP contribution in [0.1, 0.15) is 43.3 Å². The number of nitrogens with zero attached hydrogens (tertiary/aromatic N) is 6. The van der Waals surface area contributed by atoms with Crippen molar-refractivity contribution in [3.8, 4) is 11.1 Å². The van der Waals surface area contributed by atoms with Gasteiger partial charge in [0.15, 0.2) is 5.52 Å². The van der Waals surface area contributed by atoms with Crippen LogP contribution in [-0.2, 0) is 11.8 Å². The van der Waals surface area contributed by atoms with Gasteiger partial charge in [-0.05, 0) is 44.9 Å². The molecule has 0 amide bonds. The van der Waals surface area contributed by atoms with Gasteiger partial charge < -0.3 is 9.64 Å². The molecule has 1 aromatic carbocycles. The Hall–Kier alpha value is -3.66. The monoisotopic (exact) mass is 492 g/mol. The largest absolute Gasteiger partial charge is 0.367 e. The summed E-state index contributed by atoms with van der Waals surface area (Å²) >= 11 is 0. The molecular weight excluding hydrogens is 466 g/mol. The third-order valence-electron chi connectivity index (χ3n) is 6.97. The second-order valence-corrected chi connectivity index (χ2v) is 9.70. The molecule has 0 N–H and O–H groups in total. The number of aromatic nitrogens is 5. The average Bonchev–Trinajstić information content (AvgIpc) is 3.58. The lowest BCUT2D eigenvalue weighted by atomic mass is 10.0. The molecule has 2 aliphatic rings. The van der Waals surface area contributed by atoms with E-state index in [9.17, 15) is 13.6 Å². The van der Waals surface area contributed by atoms with Crippen molar-refractivity contribution in [2.24, 2.45) is 7.05 Å². The summed E-state index contributed by atoms with van der Waals surface area (Å²) < 4.78 is 38.2. The first-order chi connectivity index (χ1) is 17.3. The molecule has 3 aromatic heterocycles. The van der Waals surface area contributed by atoms with Crippen LogP contribution in [0.3, 0.4) is 0 Å². The number of rotatable bonds is 4. The number of benzene rings is 1. The average molecular weight is 493 g/mol. The van der Waals surface area contributed by atoms with Crippen LogP contribution in [0.5, 0.6) is 0 Å². The van der Waals surface area contributed by atoms with Crippen LogP contribution in [0, 0.1) is 18.6 Å². The van der Waals surface area contributed by atoms with Gasteiger partial charge >= 0.3 is 0 Å². The van der Waals surface area contributed by atoms with Crippen molar-refractivity contribution in [3.63, 3.8) is 0 Å². The third kappa shape index (κ3) is 3.95. The van der Waals surface area contributed by atoms with E-state index >= 15 is 0 Å². The van der Waals surface area contributed by atoms with Gasteiger partial charge in [0.05, 0.1) is 24.9 Å². The Bertz CT molecular complexity index is 1540. The van der Waals surface area contributed by atoms with E-state index in [1.165, 1.54) is 16.7 Å². The van der Waals surface area contributed by atoms with Crippen LogP contribution < -0.4 is 10.5 Å². The quantitative estimate of drug-likeness (QED) is 0.427. The topological polar surface area (TPSA) is 78.1 Å². The van der Waals surface area contributed by atoms with Crippen molar-refractivity contribution in [2.75, 3.05) is 18.0 Å². The third-order valence-corrected chi connectivity index (χ3v) is 6.97. The molecule has 1 aliphatic heterocycles. The summed E-state index contributed by atoms with van der Waals surface area (Å²) in [6.45, 7) is 4.71. The fourth-order valence-corrected chi connectivity index (χ4v) is 4.79. The summed E-state index contributed by atoms with van der Waals surface area (Å²) in [7, 11) is 1.63. The number of hydrogen-bond acceptors (Lipinski definition) is 6. The molecule has 0 radical (unpaired) electrons. The number of morpholine rings is 1. The fraction of sp³-hybridized carbons (Fsp3) is 0.385. The van der Waals surface area contributed by atoms with Crippen molar-refractivity contribution in [1.82, 2.24) is 24.3 Å². The van der Waals surface area contributed by atoms with Gasteiger partial charge in [0.2, 0.25) is 0 Å². The number of aryl methyl sites for hydroxylation is 1. The molecule has 8 nitrogen and oxygen atoms in total. The molecule has 0 spiro atoms. The van der Waals surface area contributed by atoms with E-state index in [2.05, 4.69) is 10.1 Å². The highest BCUT2D eigenvalue weighted by atomic mass is 19.1. The first-order valence-electron chi connectivity index (χ1n) is 12.1. The molecule has 1 saturated heterocycles. The smallest absolute Gasteiger partial charge is 0.279 e. The van der Waals surface area contributed by atoms with E-state index in [-0.39, 0.29) is 34.4 Å². The SMILES string of the molecule is Cc1nc2c(-c3ccc(F)cc3F)cc(N3C[C@@H](c4cnn(C5CC5)c4)O[C@@H](C)C3)nc2c(=O)n1C. The van der Waals surface area contributed by atoms with E-state index in [0.717, 1.165) is 24.5 Å². The highest BCUT2D eigenvalue weighted by Crippen LogP contribution is 2.37. The minimum absolute atomic E-state index is 0.115. The minimum Gasteiger partial charge on any atom is -0.367 e. The van der Waals surface area contributed by atoms with Crippen LogP contribution in [0.2, 0.25) is 0 Å². The first kappa shape index (κ1) is 22.8. The van der Waals surface area contributed by atoms with Crippen molar-refractivity contribution < 1.29 is 13.5 Å².